The third kappa shape index (κ3) is 3.94. The van der Waals surface area contributed by atoms with Gasteiger partial charge in [0.2, 0.25) is 5.95 Å². The van der Waals surface area contributed by atoms with Gasteiger partial charge in [-0.1, -0.05) is 6.42 Å². The van der Waals surface area contributed by atoms with E-state index in [0.717, 1.165) is 24.7 Å². The number of halogens is 1. The second-order valence-electron chi connectivity index (χ2n) is 4.05. The molecule has 90 valence electrons. The highest BCUT2D eigenvalue weighted by Crippen LogP contribution is 2.07. The SMILES string of the molecule is Cc1ccnc(NCC2CCCCN2)n1.Cl. The van der Waals surface area contributed by atoms with Crippen LogP contribution < -0.4 is 10.6 Å². The molecule has 2 rings (SSSR count). The van der Waals surface area contributed by atoms with E-state index in [1.54, 1.807) is 6.20 Å². The number of hydrogen-bond acceptors (Lipinski definition) is 4. The van der Waals surface area contributed by atoms with Gasteiger partial charge in [-0.2, -0.15) is 0 Å². The maximum Gasteiger partial charge on any atom is 0.222 e. The number of rotatable bonds is 3. The lowest BCUT2D eigenvalue weighted by molar-refractivity contribution is 0.413. The highest BCUT2D eigenvalue weighted by atomic mass is 35.5. The Morgan fingerprint density at radius 1 is 1.50 bits per heavy atom. The first-order chi connectivity index (χ1) is 7.34. The number of hydrogen-bond donors (Lipinski definition) is 2. The van der Waals surface area contributed by atoms with Crippen LogP contribution in [0.15, 0.2) is 12.3 Å². The molecule has 0 saturated carbocycles. The Labute approximate surface area is 103 Å². The minimum atomic E-state index is 0. The Balaban J connectivity index is 0.00000128. The van der Waals surface area contributed by atoms with Crippen LogP contribution in [0.5, 0.6) is 0 Å². The van der Waals surface area contributed by atoms with Gasteiger partial charge in [0, 0.05) is 24.5 Å². The molecule has 0 aromatic carbocycles. The number of aromatic nitrogens is 2. The van der Waals surface area contributed by atoms with Crippen LogP contribution in [-0.2, 0) is 0 Å². The summed E-state index contributed by atoms with van der Waals surface area (Å²) >= 11 is 0. The molecule has 1 unspecified atom stereocenters. The highest BCUT2D eigenvalue weighted by Gasteiger charge is 2.11. The molecule has 1 atom stereocenters. The molecule has 0 amide bonds. The lowest BCUT2D eigenvalue weighted by Gasteiger charge is -2.23. The van der Waals surface area contributed by atoms with Crippen molar-refractivity contribution >= 4 is 18.4 Å². The molecule has 5 heteroatoms. The molecule has 4 nitrogen and oxygen atoms in total. The molecule has 1 aliphatic rings. The third-order valence-electron chi connectivity index (χ3n) is 2.71. The van der Waals surface area contributed by atoms with Gasteiger partial charge in [-0.3, -0.25) is 0 Å². The van der Waals surface area contributed by atoms with Crippen molar-refractivity contribution in [3.05, 3.63) is 18.0 Å². The van der Waals surface area contributed by atoms with Crippen molar-refractivity contribution in [2.24, 2.45) is 0 Å². The van der Waals surface area contributed by atoms with Gasteiger partial charge >= 0.3 is 0 Å². The number of aryl methyl sites for hydroxylation is 1. The number of nitrogens with zero attached hydrogens (tertiary/aromatic N) is 2. The van der Waals surface area contributed by atoms with Crippen molar-refractivity contribution in [2.45, 2.75) is 32.2 Å². The fourth-order valence-corrected chi connectivity index (χ4v) is 1.85. The average molecular weight is 243 g/mol. The molecule has 0 aliphatic carbocycles. The molecule has 0 radical (unpaired) electrons. The maximum atomic E-state index is 4.31. The van der Waals surface area contributed by atoms with E-state index in [0.29, 0.717) is 6.04 Å². The first-order valence-electron chi connectivity index (χ1n) is 5.61. The van der Waals surface area contributed by atoms with Crippen molar-refractivity contribution < 1.29 is 0 Å². The summed E-state index contributed by atoms with van der Waals surface area (Å²) in [5.41, 5.74) is 1.00. The van der Waals surface area contributed by atoms with Crippen LogP contribution >= 0.6 is 12.4 Å². The molecule has 1 aromatic heterocycles. The first-order valence-corrected chi connectivity index (χ1v) is 5.61. The van der Waals surface area contributed by atoms with Crippen LogP contribution in [0.3, 0.4) is 0 Å². The fraction of sp³-hybridized carbons (Fsp3) is 0.636. The second kappa shape index (κ2) is 6.66. The molecule has 1 fully saturated rings. The van der Waals surface area contributed by atoms with Crippen molar-refractivity contribution in [3.8, 4) is 0 Å². The van der Waals surface area contributed by atoms with Gasteiger partial charge in [0.05, 0.1) is 0 Å². The van der Waals surface area contributed by atoms with Crippen LogP contribution in [0.2, 0.25) is 0 Å². The van der Waals surface area contributed by atoms with E-state index in [9.17, 15) is 0 Å². The van der Waals surface area contributed by atoms with Crippen LogP contribution in [0.25, 0.3) is 0 Å². The van der Waals surface area contributed by atoms with Crippen LogP contribution in [0, 0.1) is 6.92 Å². The summed E-state index contributed by atoms with van der Waals surface area (Å²) in [6, 6.07) is 2.48. The van der Waals surface area contributed by atoms with Crippen molar-refractivity contribution in [1.29, 1.82) is 0 Å². The molecule has 1 saturated heterocycles. The van der Waals surface area contributed by atoms with Crippen molar-refractivity contribution in [2.75, 3.05) is 18.4 Å². The fourth-order valence-electron chi connectivity index (χ4n) is 1.85. The van der Waals surface area contributed by atoms with Crippen molar-refractivity contribution in [1.82, 2.24) is 15.3 Å². The average Bonchev–Trinajstić information content (AvgIpc) is 2.28. The lowest BCUT2D eigenvalue weighted by atomic mass is 10.1. The lowest BCUT2D eigenvalue weighted by Crippen LogP contribution is -2.39. The largest absolute Gasteiger partial charge is 0.353 e. The monoisotopic (exact) mass is 242 g/mol. The first kappa shape index (κ1) is 13.2. The molecule has 16 heavy (non-hydrogen) atoms. The molecular weight excluding hydrogens is 224 g/mol. The molecule has 2 N–H and O–H groups in total. The number of nitrogens with one attached hydrogen (secondary N) is 2. The van der Waals surface area contributed by atoms with Crippen LogP contribution in [0.1, 0.15) is 25.0 Å². The Hall–Kier alpha value is -0.870. The summed E-state index contributed by atoms with van der Waals surface area (Å²) in [6.07, 6.45) is 5.67. The van der Waals surface area contributed by atoms with Crippen LogP contribution in [-0.4, -0.2) is 29.1 Å². The van der Waals surface area contributed by atoms with Gasteiger partial charge in [-0.05, 0) is 32.4 Å². The van der Waals surface area contributed by atoms with E-state index >= 15 is 0 Å². The Morgan fingerprint density at radius 2 is 2.38 bits per heavy atom. The van der Waals surface area contributed by atoms with Crippen molar-refractivity contribution in [3.63, 3.8) is 0 Å². The van der Waals surface area contributed by atoms with E-state index < -0.39 is 0 Å². The van der Waals surface area contributed by atoms with E-state index in [2.05, 4.69) is 20.6 Å². The van der Waals surface area contributed by atoms with E-state index in [1.807, 2.05) is 13.0 Å². The third-order valence-corrected chi connectivity index (χ3v) is 2.71. The summed E-state index contributed by atoms with van der Waals surface area (Å²) in [5.74, 6) is 0.738. The summed E-state index contributed by atoms with van der Waals surface area (Å²) in [6.45, 7) is 4.04. The Kier molecular flexibility index (Phi) is 5.49. The molecule has 0 spiro atoms. The standard InChI is InChI=1S/C11H18N4.ClH/c1-9-5-7-13-11(15-9)14-8-10-4-2-3-6-12-10;/h5,7,10,12H,2-4,6,8H2,1H3,(H,13,14,15);1H. The molecule has 1 aromatic rings. The van der Waals surface area contributed by atoms with Gasteiger partial charge in [-0.25, -0.2) is 9.97 Å². The van der Waals surface area contributed by atoms with E-state index in [-0.39, 0.29) is 12.4 Å². The smallest absolute Gasteiger partial charge is 0.222 e. The predicted octanol–water partition coefficient (Wildman–Crippen LogP) is 1.76. The predicted molar refractivity (Wildman–Crippen MR) is 68.1 cm³/mol. The maximum absolute atomic E-state index is 4.31. The molecule has 1 aliphatic heterocycles. The Bertz CT molecular complexity index is 313. The zero-order chi connectivity index (χ0) is 10.5. The van der Waals surface area contributed by atoms with Crippen LogP contribution in [0.4, 0.5) is 5.95 Å². The highest BCUT2D eigenvalue weighted by molar-refractivity contribution is 5.85. The zero-order valence-corrected chi connectivity index (χ0v) is 10.4. The van der Waals surface area contributed by atoms with Gasteiger partial charge in [0.25, 0.3) is 0 Å². The van der Waals surface area contributed by atoms with Gasteiger partial charge < -0.3 is 10.6 Å². The molecular formula is C11H19ClN4. The number of piperidine rings is 1. The van der Waals surface area contributed by atoms with E-state index in [1.165, 1.54) is 19.3 Å². The Morgan fingerprint density at radius 3 is 3.06 bits per heavy atom. The summed E-state index contributed by atoms with van der Waals surface area (Å²) < 4.78 is 0. The van der Waals surface area contributed by atoms with E-state index in [4.69, 9.17) is 0 Å². The molecule has 0 bridgehead atoms. The number of anilines is 1. The quantitative estimate of drug-likeness (QED) is 0.848. The van der Waals surface area contributed by atoms with Gasteiger partial charge in [-0.15, -0.1) is 12.4 Å². The van der Waals surface area contributed by atoms with Gasteiger partial charge in [0.1, 0.15) is 0 Å². The molecule has 2 heterocycles. The van der Waals surface area contributed by atoms with Gasteiger partial charge in [0.15, 0.2) is 0 Å². The minimum absolute atomic E-state index is 0. The normalized spacial score (nSPS) is 19.9. The summed E-state index contributed by atoms with van der Waals surface area (Å²) in [7, 11) is 0. The second-order valence-corrected chi connectivity index (χ2v) is 4.05. The zero-order valence-electron chi connectivity index (χ0n) is 9.57. The summed E-state index contributed by atoms with van der Waals surface area (Å²) in [5, 5.41) is 6.76. The topological polar surface area (TPSA) is 49.8 Å². The minimum Gasteiger partial charge on any atom is -0.353 e. The summed E-state index contributed by atoms with van der Waals surface area (Å²) in [4.78, 5) is 8.48.